The van der Waals surface area contributed by atoms with Crippen LogP contribution < -0.4 is 5.73 Å². The van der Waals surface area contributed by atoms with Crippen LogP contribution >= 0.6 is 11.8 Å². The van der Waals surface area contributed by atoms with E-state index < -0.39 is 0 Å². The van der Waals surface area contributed by atoms with E-state index in [0.717, 1.165) is 12.0 Å². The summed E-state index contributed by atoms with van der Waals surface area (Å²) in [5.74, 6) is -0.114. The first-order valence-electron chi connectivity index (χ1n) is 6.87. The average molecular weight is 267 g/mol. The van der Waals surface area contributed by atoms with Gasteiger partial charge in [-0.15, -0.1) is 11.8 Å². The molecule has 18 heavy (non-hydrogen) atoms. The molecule has 0 spiro atoms. The normalized spacial score (nSPS) is 19.9. The van der Waals surface area contributed by atoms with Crippen LogP contribution in [0.2, 0.25) is 0 Å². The highest BCUT2D eigenvalue weighted by molar-refractivity contribution is 8.00. The van der Waals surface area contributed by atoms with Crippen LogP contribution in [-0.4, -0.2) is 11.3 Å². The largest absolute Gasteiger partial charge is 0.326 e. The van der Waals surface area contributed by atoms with Gasteiger partial charge < -0.3 is 5.73 Å². The van der Waals surface area contributed by atoms with Gasteiger partial charge in [0.1, 0.15) is 5.82 Å². The summed E-state index contributed by atoms with van der Waals surface area (Å²) in [4.78, 5) is 0. The summed E-state index contributed by atoms with van der Waals surface area (Å²) in [6.45, 7) is 2.08. The first kappa shape index (κ1) is 13.9. The number of thioether (sulfide) groups is 1. The number of halogens is 1. The summed E-state index contributed by atoms with van der Waals surface area (Å²) in [6.07, 6.45) is 6.02. The minimum Gasteiger partial charge on any atom is -0.326 e. The van der Waals surface area contributed by atoms with Gasteiger partial charge in [-0.2, -0.15) is 0 Å². The monoisotopic (exact) mass is 267 g/mol. The molecule has 1 aromatic rings. The lowest BCUT2D eigenvalue weighted by atomic mass is 10.0. The van der Waals surface area contributed by atoms with Gasteiger partial charge >= 0.3 is 0 Å². The molecule has 0 saturated heterocycles. The van der Waals surface area contributed by atoms with Gasteiger partial charge in [-0.3, -0.25) is 0 Å². The third-order valence-electron chi connectivity index (χ3n) is 3.71. The molecular weight excluding hydrogens is 245 g/mol. The quantitative estimate of drug-likeness (QED) is 0.861. The van der Waals surface area contributed by atoms with Gasteiger partial charge in [0.15, 0.2) is 0 Å². The van der Waals surface area contributed by atoms with Crippen LogP contribution in [-0.2, 0) is 0 Å². The van der Waals surface area contributed by atoms with E-state index >= 15 is 0 Å². The molecular formula is C15H22FNS. The molecule has 2 atom stereocenters. The van der Waals surface area contributed by atoms with Crippen LogP contribution in [0.1, 0.15) is 49.8 Å². The Morgan fingerprint density at radius 1 is 1.33 bits per heavy atom. The SMILES string of the molecule is CCC(N)C(SC1CCCC1)c1ccccc1F. The van der Waals surface area contributed by atoms with E-state index in [0.29, 0.717) is 5.25 Å². The number of rotatable bonds is 5. The van der Waals surface area contributed by atoms with Crippen LogP contribution in [0.25, 0.3) is 0 Å². The summed E-state index contributed by atoms with van der Waals surface area (Å²) < 4.78 is 13.9. The molecule has 0 aliphatic heterocycles. The zero-order valence-corrected chi connectivity index (χ0v) is 11.8. The zero-order chi connectivity index (χ0) is 13.0. The Bertz CT molecular complexity index is 377. The number of nitrogens with two attached hydrogens (primary N) is 1. The lowest BCUT2D eigenvalue weighted by Gasteiger charge is -2.26. The van der Waals surface area contributed by atoms with E-state index in [9.17, 15) is 4.39 Å². The Kier molecular flexibility index (Phi) is 5.07. The zero-order valence-electron chi connectivity index (χ0n) is 10.9. The molecule has 2 unspecified atom stereocenters. The second kappa shape index (κ2) is 6.58. The van der Waals surface area contributed by atoms with Gasteiger partial charge in [-0.05, 0) is 25.3 Å². The summed E-state index contributed by atoms with van der Waals surface area (Å²) in [5.41, 5.74) is 6.99. The van der Waals surface area contributed by atoms with E-state index in [4.69, 9.17) is 5.73 Å². The van der Waals surface area contributed by atoms with E-state index in [1.165, 1.54) is 25.7 Å². The van der Waals surface area contributed by atoms with Crippen LogP contribution in [0.4, 0.5) is 4.39 Å². The van der Waals surface area contributed by atoms with Crippen molar-refractivity contribution in [2.45, 2.75) is 55.6 Å². The van der Waals surface area contributed by atoms with E-state index in [2.05, 4.69) is 6.92 Å². The maximum Gasteiger partial charge on any atom is 0.127 e. The maximum atomic E-state index is 13.9. The highest BCUT2D eigenvalue weighted by Crippen LogP contribution is 2.42. The molecule has 1 aliphatic carbocycles. The van der Waals surface area contributed by atoms with Crippen LogP contribution in [0.3, 0.4) is 0 Å². The summed E-state index contributed by atoms with van der Waals surface area (Å²) >= 11 is 1.89. The van der Waals surface area contributed by atoms with Crippen molar-refractivity contribution in [2.24, 2.45) is 5.73 Å². The second-order valence-corrected chi connectivity index (χ2v) is 6.50. The number of hydrogen-bond acceptors (Lipinski definition) is 2. The van der Waals surface area contributed by atoms with Gasteiger partial charge in [-0.25, -0.2) is 4.39 Å². The predicted octanol–water partition coefficient (Wildman–Crippen LogP) is 4.28. The molecule has 1 aliphatic rings. The molecule has 3 heteroatoms. The fraction of sp³-hybridized carbons (Fsp3) is 0.600. The van der Waals surface area contributed by atoms with Crippen LogP contribution in [0, 0.1) is 5.82 Å². The smallest absolute Gasteiger partial charge is 0.127 e. The molecule has 100 valence electrons. The Morgan fingerprint density at radius 2 is 2.00 bits per heavy atom. The first-order chi connectivity index (χ1) is 8.72. The minimum atomic E-state index is -0.114. The Hall–Kier alpha value is -0.540. The van der Waals surface area contributed by atoms with Gasteiger partial charge in [0.2, 0.25) is 0 Å². The van der Waals surface area contributed by atoms with Crippen molar-refractivity contribution in [1.82, 2.24) is 0 Å². The van der Waals surface area contributed by atoms with Gasteiger partial charge in [0.05, 0.1) is 0 Å². The maximum absolute atomic E-state index is 13.9. The number of benzene rings is 1. The van der Waals surface area contributed by atoms with Crippen molar-refractivity contribution < 1.29 is 4.39 Å². The van der Waals surface area contributed by atoms with Gasteiger partial charge in [0.25, 0.3) is 0 Å². The van der Waals surface area contributed by atoms with E-state index in [-0.39, 0.29) is 17.1 Å². The molecule has 1 aromatic carbocycles. The summed E-state index contributed by atoms with van der Waals surface area (Å²) in [7, 11) is 0. The molecule has 0 heterocycles. The van der Waals surface area contributed by atoms with Crippen molar-refractivity contribution in [3.8, 4) is 0 Å². The third-order valence-corrected chi connectivity index (χ3v) is 5.47. The third kappa shape index (κ3) is 3.27. The standard InChI is InChI=1S/C15H22FNS/c1-2-14(17)15(18-11-7-3-4-8-11)12-9-5-6-10-13(12)16/h5-6,9-11,14-15H,2-4,7-8,17H2,1H3. The first-order valence-corrected chi connectivity index (χ1v) is 7.82. The Morgan fingerprint density at radius 3 is 2.61 bits per heavy atom. The van der Waals surface area contributed by atoms with Crippen LogP contribution in [0.15, 0.2) is 24.3 Å². The minimum absolute atomic E-state index is 0.0347. The van der Waals surface area contributed by atoms with Gasteiger partial charge in [0, 0.05) is 22.1 Å². The van der Waals surface area contributed by atoms with Crippen molar-refractivity contribution >= 4 is 11.8 Å². The molecule has 2 N–H and O–H groups in total. The highest BCUT2D eigenvalue weighted by Gasteiger charge is 2.27. The lowest BCUT2D eigenvalue weighted by Crippen LogP contribution is -2.27. The summed E-state index contributed by atoms with van der Waals surface area (Å²) in [6, 6.07) is 7.11. The average Bonchev–Trinajstić information content (AvgIpc) is 2.89. The topological polar surface area (TPSA) is 26.0 Å². The van der Waals surface area contributed by atoms with E-state index in [1.54, 1.807) is 12.1 Å². The van der Waals surface area contributed by atoms with Crippen molar-refractivity contribution in [1.29, 1.82) is 0 Å². The Labute approximate surface area is 113 Å². The molecule has 1 fully saturated rings. The van der Waals surface area contributed by atoms with Gasteiger partial charge in [-0.1, -0.05) is 38.0 Å². The fourth-order valence-electron chi connectivity index (χ4n) is 2.56. The molecule has 1 nitrogen and oxygen atoms in total. The Balaban J connectivity index is 2.16. The lowest BCUT2D eigenvalue weighted by molar-refractivity contribution is 0.571. The van der Waals surface area contributed by atoms with E-state index in [1.807, 2.05) is 23.9 Å². The van der Waals surface area contributed by atoms with Crippen LogP contribution in [0.5, 0.6) is 0 Å². The predicted molar refractivity (Wildman–Crippen MR) is 77.3 cm³/mol. The molecule has 0 bridgehead atoms. The van der Waals surface area contributed by atoms with Crippen molar-refractivity contribution in [3.05, 3.63) is 35.6 Å². The molecule has 1 saturated carbocycles. The second-order valence-electron chi connectivity index (χ2n) is 5.06. The number of hydrogen-bond donors (Lipinski definition) is 1. The fourth-order valence-corrected chi connectivity index (χ4v) is 4.31. The molecule has 0 amide bonds. The highest BCUT2D eigenvalue weighted by atomic mass is 32.2. The van der Waals surface area contributed by atoms with Crippen molar-refractivity contribution in [2.75, 3.05) is 0 Å². The van der Waals surface area contributed by atoms with Crippen molar-refractivity contribution in [3.63, 3.8) is 0 Å². The molecule has 2 rings (SSSR count). The molecule has 0 radical (unpaired) electrons. The molecule has 0 aromatic heterocycles. The summed E-state index contributed by atoms with van der Waals surface area (Å²) in [5, 5.41) is 0.756.